The lowest BCUT2D eigenvalue weighted by Gasteiger charge is -2.04. The van der Waals surface area contributed by atoms with Crippen LogP contribution in [0.25, 0.3) is 22.2 Å². The second-order valence-electron chi connectivity index (χ2n) is 5.59. The van der Waals surface area contributed by atoms with Crippen molar-refractivity contribution in [1.29, 1.82) is 0 Å². The standard InChI is InChI=1S/C17H15N5/c1-3-18-15-7-6-12(10-22(15)2)13-8-20-17-14(13)9-19-16(21-17)11-4-5-11/h1,6-11H,4-5H2,2H3,(H,19,20,21)/b18-15-. The van der Waals surface area contributed by atoms with Gasteiger partial charge in [-0.25, -0.2) is 9.97 Å². The molecule has 1 aliphatic rings. The lowest BCUT2D eigenvalue weighted by Crippen LogP contribution is -2.16. The SMILES string of the molecule is C#C/N=c1/ccc(-c2c[nH]c3nc(C4CC4)ncc23)cn1C. The van der Waals surface area contributed by atoms with E-state index in [1.165, 1.54) is 12.8 Å². The average Bonchev–Trinajstić information content (AvgIpc) is 3.29. The largest absolute Gasteiger partial charge is 0.345 e. The minimum atomic E-state index is 0.554. The minimum absolute atomic E-state index is 0.554. The summed E-state index contributed by atoms with van der Waals surface area (Å²) in [7, 11) is 1.93. The highest BCUT2D eigenvalue weighted by atomic mass is 15.0. The first kappa shape index (κ1) is 12.8. The van der Waals surface area contributed by atoms with Gasteiger partial charge in [-0.2, -0.15) is 4.99 Å². The van der Waals surface area contributed by atoms with Gasteiger partial charge < -0.3 is 9.55 Å². The van der Waals surface area contributed by atoms with E-state index in [4.69, 9.17) is 6.42 Å². The summed E-state index contributed by atoms with van der Waals surface area (Å²) in [5.41, 5.74) is 3.80. The number of H-pyrrole nitrogens is 1. The number of aromatic nitrogens is 4. The highest BCUT2D eigenvalue weighted by molar-refractivity contribution is 5.92. The summed E-state index contributed by atoms with van der Waals surface area (Å²) < 4.78 is 1.91. The minimum Gasteiger partial charge on any atom is -0.345 e. The number of hydrogen-bond donors (Lipinski definition) is 1. The summed E-state index contributed by atoms with van der Waals surface area (Å²) in [6, 6.07) is 6.23. The third-order valence-corrected chi connectivity index (χ3v) is 3.99. The van der Waals surface area contributed by atoms with Crippen LogP contribution in [0.1, 0.15) is 24.6 Å². The monoisotopic (exact) mass is 289 g/mol. The second kappa shape index (κ2) is 4.85. The molecule has 0 aliphatic heterocycles. The number of hydrogen-bond acceptors (Lipinski definition) is 3. The molecule has 5 nitrogen and oxygen atoms in total. The molecular weight excluding hydrogens is 274 g/mol. The lowest BCUT2D eigenvalue weighted by atomic mass is 10.1. The van der Waals surface area contributed by atoms with Crippen LogP contribution in [-0.4, -0.2) is 19.5 Å². The molecule has 1 saturated carbocycles. The van der Waals surface area contributed by atoms with E-state index in [1.54, 1.807) is 0 Å². The van der Waals surface area contributed by atoms with Gasteiger partial charge in [0, 0.05) is 54.1 Å². The Balaban J connectivity index is 1.82. The van der Waals surface area contributed by atoms with E-state index in [9.17, 15) is 0 Å². The van der Waals surface area contributed by atoms with Crippen molar-refractivity contribution in [2.24, 2.45) is 12.0 Å². The van der Waals surface area contributed by atoms with Gasteiger partial charge in [0.25, 0.3) is 0 Å². The first-order valence-electron chi connectivity index (χ1n) is 7.26. The molecule has 0 aromatic carbocycles. The van der Waals surface area contributed by atoms with E-state index in [1.807, 2.05) is 42.3 Å². The molecule has 4 rings (SSSR count). The lowest BCUT2D eigenvalue weighted by molar-refractivity contribution is 0.839. The van der Waals surface area contributed by atoms with E-state index < -0.39 is 0 Å². The van der Waals surface area contributed by atoms with Crippen LogP contribution in [0.15, 0.2) is 35.7 Å². The van der Waals surface area contributed by atoms with E-state index in [0.29, 0.717) is 5.92 Å². The molecule has 0 radical (unpaired) electrons. The molecule has 3 aromatic rings. The smallest absolute Gasteiger partial charge is 0.142 e. The van der Waals surface area contributed by atoms with Gasteiger partial charge in [0.15, 0.2) is 0 Å². The van der Waals surface area contributed by atoms with Crippen LogP contribution in [0.4, 0.5) is 0 Å². The number of aryl methyl sites for hydroxylation is 1. The topological polar surface area (TPSA) is 58.9 Å². The fourth-order valence-corrected chi connectivity index (χ4v) is 2.64. The molecule has 3 aromatic heterocycles. The quantitative estimate of drug-likeness (QED) is 0.736. The van der Waals surface area contributed by atoms with Gasteiger partial charge in [-0.05, 0) is 25.0 Å². The van der Waals surface area contributed by atoms with E-state index in [0.717, 1.165) is 33.5 Å². The summed E-state index contributed by atoms with van der Waals surface area (Å²) in [5, 5.41) is 1.03. The van der Waals surface area contributed by atoms with Crippen LogP contribution in [0.5, 0.6) is 0 Å². The molecule has 0 spiro atoms. The summed E-state index contributed by atoms with van der Waals surface area (Å²) in [6.07, 6.45) is 13.5. The molecule has 1 fully saturated rings. The average molecular weight is 289 g/mol. The molecule has 3 heterocycles. The number of aromatic amines is 1. The van der Waals surface area contributed by atoms with Crippen molar-refractivity contribution < 1.29 is 0 Å². The predicted molar refractivity (Wildman–Crippen MR) is 84.7 cm³/mol. The van der Waals surface area contributed by atoms with Crippen molar-refractivity contribution in [3.8, 4) is 23.6 Å². The first-order chi connectivity index (χ1) is 10.8. The molecule has 22 heavy (non-hydrogen) atoms. The van der Waals surface area contributed by atoms with Crippen molar-refractivity contribution in [2.45, 2.75) is 18.8 Å². The Hall–Kier alpha value is -2.87. The fraction of sp³-hybridized carbons (Fsp3) is 0.235. The van der Waals surface area contributed by atoms with E-state index in [-0.39, 0.29) is 0 Å². The van der Waals surface area contributed by atoms with E-state index in [2.05, 4.69) is 26.0 Å². The maximum atomic E-state index is 5.23. The predicted octanol–water partition coefficient (Wildman–Crippen LogP) is 2.33. The van der Waals surface area contributed by atoms with Gasteiger partial charge in [0.05, 0.1) is 0 Å². The van der Waals surface area contributed by atoms with Crippen molar-refractivity contribution in [1.82, 2.24) is 19.5 Å². The van der Waals surface area contributed by atoms with Gasteiger partial charge in [0.2, 0.25) is 0 Å². The van der Waals surface area contributed by atoms with Gasteiger partial charge >= 0.3 is 0 Å². The summed E-state index contributed by atoms with van der Waals surface area (Å²) in [6.45, 7) is 0. The van der Waals surface area contributed by atoms with Crippen molar-refractivity contribution in [3.05, 3.63) is 42.0 Å². The molecule has 1 aliphatic carbocycles. The number of nitrogens with zero attached hydrogens (tertiary/aromatic N) is 4. The summed E-state index contributed by atoms with van der Waals surface area (Å²) >= 11 is 0. The highest BCUT2D eigenvalue weighted by Gasteiger charge is 2.26. The molecule has 0 amide bonds. The van der Waals surface area contributed by atoms with Crippen LogP contribution < -0.4 is 5.49 Å². The van der Waals surface area contributed by atoms with Crippen molar-refractivity contribution in [3.63, 3.8) is 0 Å². The van der Waals surface area contributed by atoms with Gasteiger partial charge in [-0.3, -0.25) is 0 Å². The molecule has 0 bridgehead atoms. The van der Waals surface area contributed by atoms with Crippen LogP contribution in [0.2, 0.25) is 0 Å². The normalized spacial score (nSPS) is 15.2. The number of fused-ring (bicyclic) bond motifs is 1. The highest BCUT2D eigenvalue weighted by Crippen LogP contribution is 2.38. The Bertz CT molecular complexity index is 967. The third kappa shape index (κ3) is 2.09. The fourth-order valence-electron chi connectivity index (χ4n) is 2.64. The van der Waals surface area contributed by atoms with Gasteiger partial charge in [-0.15, -0.1) is 0 Å². The summed E-state index contributed by atoms with van der Waals surface area (Å²) in [5.74, 6) is 1.51. The molecular formula is C17H15N5. The number of nitrogens with one attached hydrogen (secondary N) is 1. The molecule has 0 unspecified atom stereocenters. The van der Waals surface area contributed by atoms with Gasteiger partial charge in [0.1, 0.15) is 17.0 Å². The van der Waals surface area contributed by atoms with Crippen LogP contribution >= 0.6 is 0 Å². The zero-order chi connectivity index (χ0) is 15.1. The summed E-state index contributed by atoms with van der Waals surface area (Å²) in [4.78, 5) is 16.4. The zero-order valence-electron chi connectivity index (χ0n) is 12.2. The molecule has 108 valence electrons. The molecule has 1 N–H and O–H groups in total. The number of terminal acetylenes is 1. The first-order valence-corrected chi connectivity index (χ1v) is 7.26. The second-order valence-corrected chi connectivity index (χ2v) is 5.59. The Labute approximate surface area is 127 Å². The van der Waals surface area contributed by atoms with Crippen LogP contribution in [0.3, 0.4) is 0 Å². The maximum absolute atomic E-state index is 5.23. The zero-order valence-corrected chi connectivity index (χ0v) is 12.2. The molecule has 5 heteroatoms. The van der Waals surface area contributed by atoms with Crippen molar-refractivity contribution >= 4 is 11.0 Å². The Kier molecular flexibility index (Phi) is 2.83. The maximum Gasteiger partial charge on any atom is 0.142 e. The van der Waals surface area contributed by atoms with Crippen LogP contribution in [0, 0.1) is 12.5 Å². The number of pyridine rings is 1. The molecule has 0 saturated heterocycles. The third-order valence-electron chi connectivity index (χ3n) is 3.99. The van der Waals surface area contributed by atoms with Crippen LogP contribution in [-0.2, 0) is 7.05 Å². The Morgan fingerprint density at radius 3 is 3.00 bits per heavy atom. The Morgan fingerprint density at radius 1 is 1.41 bits per heavy atom. The number of rotatable bonds is 2. The van der Waals surface area contributed by atoms with Crippen molar-refractivity contribution in [2.75, 3.05) is 0 Å². The Morgan fingerprint density at radius 2 is 2.27 bits per heavy atom. The van der Waals surface area contributed by atoms with Gasteiger partial charge in [-0.1, -0.05) is 6.42 Å². The molecule has 0 atom stereocenters. The van der Waals surface area contributed by atoms with E-state index >= 15 is 0 Å².